The second-order valence-electron chi connectivity index (χ2n) is 6.49. The Balaban J connectivity index is 2.33. The normalized spacial score (nSPS) is 12.6. The summed E-state index contributed by atoms with van der Waals surface area (Å²) in [7, 11) is 0. The topological polar surface area (TPSA) is 165 Å². The molecule has 2 atom stereocenters. The number of rotatable bonds is 14. The first-order valence-electron chi connectivity index (χ1n) is 9.28. The van der Waals surface area contributed by atoms with Crippen LogP contribution in [0.15, 0.2) is 30.3 Å². The molecule has 2 amide bonds. The molecule has 0 heterocycles. The molecule has 0 aliphatic carbocycles. The van der Waals surface area contributed by atoms with Crippen molar-refractivity contribution in [1.82, 2.24) is 16.0 Å². The molecule has 0 aliphatic rings. The molecule has 1 rings (SSSR count). The van der Waals surface area contributed by atoms with Gasteiger partial charge in [0.2, 0.25) is 0 Å². The number of urea groups is 1. The Bertz CT molecular complexity index is 682. The SMILES string of the molecule is O=C(O)CCC(NC(=O)N[C@H](CCCCNCc1ccccc1)C(=O)O)C(=O)O. The fraction of sp³-hybridized carbons (Fsp3) is 0.474. The summed E-state index contributed by atoms with van der Waals surface area (Å²) in [6.07, 6.45) is 0.692. The Kier molecular flexibility index (Phi) is 10.8. The Morgan fingerprint density at radius 1 is 0.828 bits per heavy atom. The molecule has 10 heteroatoms. The maximum absolute atomic E-state index is 11.9. The van der Waals surface area contributed by atoms with E-state index >= 15 is 0 Å². The van der Waals surface area contributed by atoms with Crippen molar-refractivity contribution in [3.05, 3.63) is 35.9 Å². The van der Waals surface area contributed by atoms with Gasteiger partial charge in [0.25, 0.3) is 0 Å². The molecule has 160 valence electrons. The van der Waals surface area contributed by atoms with Crippen molar-refractivity contribution in [3.8, 4) is 0 Å². The van der Waals surface area contributed by atoms with Crippen LogP contribution >= 0.6 is 0 Å². The summed E-state index contributed by atoms with van der Waals surface area (Å²) in [6.45, 7) is 1.39. The first kappa shape index (κ1) is 23.9. The minimum absolute atomic E-state index is 0.183. The molecule has 29 heavy (non-hydrogen) atoms. The molecule has 6 N–H and O–H groups in total. The van der Waals surface area contributed by atoms with E-state index in [-0.39, 0.29) is 12.8 Å². The van der Waals surface area contributed by atoms with E-state index in [0.29, 0.717) is 25.9 Å². The molecule has 0 spiro atoms. The van der Waals surface area contributed by atoms with Crippen LogP contribution in [0, 0.1) is 0 Å². The molecule has 0 radical (unpaired) electrons. The van der Waals surface area contributed by atoms with E-state index in [4.69, 9.17) is 10.2 Å². The number of amides is 2. The zero-order valence-corrected chi connectivity index (χ0v) is 16.0. The van der Waals surface area contributed by atoms with Crippen LogP contribution in [-0.4, -0.2) is 57.9 Å². The Labute approximate surface area is 168 Å². The smallest absolute Gasteiger partial charge is 0.326 e. The number of carboxylic acids is 3. The summed E-state index contributed by atoms with van der Waals surface area (Å²) in [5.74, 6) is -3.81. The second kappa shape index (κ2) is 13.1. The number of hydrogen-bond donors (Lipinski definition) is 6. The van der Waals surface area contributed by atoms with Gasteiger partial charge in [-0.25, -0.2) is 14.4 Å². The van der Waals surface area contributed by atoms with Crippen molar-refractivity contribution in [2.45, 2.75) is 50.7 Å². The number of hydrogen-bond acceptors (Lipinski definition) is 5. The molecule has 0 bridgehead atoms. The van der Waals surface area contributed by atoms with E-state index in [1.54, 1.807) is 0 Å². The lowest BCUT2D eigenvalue weighted by molar-refractivity contribution is -0.140. The van der Waals surface area contributed by atoms with E-state index in [0.717, 1.165) is 5.56 Å². The van der Waals surface area contributed by atoms with Crippen molar-refractivity contribution in [2.24, 2.45) is 0 Å². The molecule has 1 unspecified atom stereocenters. The number of carboxylic acid groups (broad SMARTS) is 3. The average molecular weight is 409 g/mol. The van der Waals surface area contributed by atoms with Crippen molar-refractivity contribution in [2.75, 3.05) is 6.54 Å². The molecular weight excluding hydrogens is 382 g/mol. The predicted octanol–water partition coefficient (Wildman–Crippen LogP) is 1.02. The van der Waals surface area contributed by atoms with Gasteiger partial charge in [-0.15, -0.1) is 0 Å². The van der Waals surface area contributed by atoms with E-state index in [2.05, 4.69) is 16.0 Å². The number of unbranched alkanes of at least 4 members (excludes halogenated alkanes) is 1. The van der Waals surface area contributed by atoms with Crippen molar-refractivity contribution in [3.63, 3.8) is 0 Å². The molecule has 1 aromatic rings. The zero-order chi connectivity index (χ0) is 21.6. The quantitative estimate of drug-likeness (QED) is 0.248. The number of carbonyl (C=O) groups is 4. The highest BCUT2D eigenvalue weighted by atomic mass is 16.4. The molecule has 0 saturated heterocycles. The van der Waals surface area contributed by atoms with Crippen LogP contribution in [0.1, 0.15) is 37.7 Å². The maximum Gasteiger partial charge on any atom is 0.326 e. The fourth-order valence-corrected chi connectivity index (χ4v) is 2.57. The first-order chi connectivity index (χ1) is 13.8. The minimum atomic E-state index is -1.41. The first-order valence-corrected chi connectivity index (χ1v) is 9.28. The van der Waals surface area contributed by atoms with Gasteiger partial charge in [0, 0.05) is 13.0 Å². The Hall–Kier alpha value is -3.14. The highest BCUT2D eigenvalue weighted by Crippen LogP contribution is 2.03. The van der Waals surface area contributed by atoms with E-state index in [9.17, 15) is 24.3 Å². The number of benzene rings is 1. The van der Waals surface area contributed by atoms with Crippen LogP contribution in [0.25, 0.3) is 0 Å². The van der Waals surface area contributed by atoms with Crippen LogP contribution in [0.2, 0.25) is 0 Å². The summed E-state index contributed by atoms with van der Waals surface area (Å²) in [5.41, 5.74) is 1.14. The average Bonchev–Trinajstić information content (AvgIpc) is 2.67. The van der Waals surface area contributed by atoms with Crippen LogP contribution in [0.4, 0.5) is 4.79 Å². The van der Waals surface area contributed by atoms with Gasteiger partial charge in [-0.05, 0) is 37.8 Å². The maximum atomic E-state index is 11.9. The summed E-state index contributed by atoms with van der Waals surface area (Å²) in [4.78, 5) is 44.9. The van der Waals surface area contributed by atoms with Gasteiger partial charge in [0.05, 0.1) is 0 Å². The summed E-state index contributed by atoms with van der Waals surface area (Å²) >= 11 is 0. The number of aliphatic carboxylic acids is 3. The minimum Gasteiger partial charge on any atom is -0.481 e. The van der Waals surface area contributed by atoms with Crippen LogP contribution < -0.4 is 16.0 Å². The van der Waals surface area contributed by atoms with Crippen LogP contribution in [0.5, 0.6) is 0 Å². The lowest BCUT2D eigenvalue weighted by Gasteiger charge is -2.18. The van der Waals surface area contributed by atoms with Crippen LogP contribution in [-0.2, 0) is 20.9 Å². The second-order valence-corrected chi connectivity index (χ2v) is 6.49. The highest BCUT2D eigenvalue weighted by Gasteiger charge is 2.24. The van der Waals surface area contributed by atoms with Gasteiger partial charge in [-0.3, -0.25) is 4.79 Å². The summed E-state index contributed by atoms with van der Waals surface area (Å²) < 4.78 is 0. The fourth-order valence-electron chi connectivity index (χ4n) is 2.57. The van der Waals surface area contributed by atoms with E-state index < -0.39 is 42.4 Å². The van der Waals surface area contributed by atoms with Gasteiger partial charge in [-0.1, -0.05) is 30.3 Å². The zero-order valence-electron chi connectivity index (χ0n) is 16.0. The molecule has 0 fully saturated rings. The molecule has 1 aromatic carbocycles. The van der Waals surface area contributed by atoms with Crippen molar-refractivity contribution < 1.29 is 34.5 Å². The highest BCUT2D eigenvalue weighted by molar-refractivity contribution is 5.86. The van der Waals surface area contributed by atoms with Gasteiger partial charge >= 0.3 is 23.9 Å². The molecular formula is C19H27N3O7. The third-order valence-electron chi connectivity index (χ3n) is 4.12. The lowest BCUT2D eigenvalue weighted by atomic mass is 10.1. The Morgan fingerprint density at radius 2 is 1.41 bits per heavy atom. The Morgan fingerprint density at radius 3 is 1.97 bits per heavy atom. The molecule has 0 aliphatic heterocycles. The van der Waals surface area contributed by atoms with Crippen LogP contribution in [0.3, 0.4) is 0 Å². The molecule has 0 saturated carbocycles. The largest absolute Gasteiger partial charge is 0.481 e. The number of carbonyl (C=O) groups excluding carboxylic acids is 1. The van der Waals surface area contributed by atoms with Gasteiger partial charge in [-0.2, -0.15) is 0 Å². The third kappa shape index (κ3) is 10.7. The summed E-state index contributed by atoms with van der Waals surface area (Å²) in [6, 6.07) is 6.28. The lowest BCUT2D eigenvalue weighted by Crippen LogP contribution is -2.51. The third-order valence-corrected chi connectivity index (χ3v) is 4.12. The van der Waals surface area contributed by atoms with Crippen molar-refractivity contribution >= 4 is 23.9 Å². The van der Waals surface area contributed by atoms with Gasteiger partial charge in [0.15, 0.2) is 0 Å². The molecule has 10 nitrogen and oxygen atoms in total. The van der Waals surface area contributed by atoms with Gasteiger partial charge in [0.1, 0.15) is 12.1 Å². The monoisotopic (exact) mass is 409 g/mol. The predicted molar refractivity (Wildman–Crippen MR) is 103 cm³/mol. The van der Waals surface area contributed by atoms with E-state index in [1.807, 2.05) is 30.3 Å². The molecule has 0 aromatic heterocycles. The standard InChI is InChI=1S/C19H27N3O7/c23-16(24)10-9-15(18(27)28)22-19(29)21-14(17(25)26)8-4-5-11-20-12-13-6-2-1-3-7-13/h1-3,6-7,14-15,20H,4-5,8-12H2,(H,23,24)(H,25,26)(H,27,28)(H2,21,22,29)/t14-,15?/m1/s1. The summed E-state index contributed by atoms with van der Waals surface area (Å²) in [5, 5.41) is 34.5. The van der Waals surface area contributed by atoms with Crippen molar-refractivity contribution in [1.29, 1.82) is 0 Å². The number of nitrogens with one attached hydrogen (secondary N) is 3. The van der Waals surface area contributed by atoms with Gasteiger partial charge < -0.3 is 31.3 Å². The van der Waals surface area contributed by atoms with E-state index in [1.165, 1.54) is 0 Å².